The Bertz CT molecular complexity index is 2290. The van der Waals surface area contributed by atoms with Gasteiger partial charge in [0.15, 0.2) is 0 Å². The van der Waals surface area contributed by atoms with Gasteiger partial charge in [-0.05, 0) is 94.5 Å². The van der Waals surface area contributed by atoms with Crippen molar-refractivity contribution in [1.29, 1.82) is 0 Å². The lowest BCUT2D eigenvalue weighted by atomic mass is 9.71. The highest BCUT2D eigenvalue weighted by Gasteiger charge is 2.60. The average molecular weight is 744 g/mol. The first-order valence-corrected chi connectivity index (χ1v) is 20.2. The van der Waals surface area contributed by atoms with Crippen molar-refractivity contribution in [3.05, 3.63) is 190 Å². The van der Waals surface area contributed by atoms with E-state index in [9.17, 15) is 4.79 Å². The Balaban J connectivity index is 1.28. The molecule has 0 bridgehead atoms. The van der Waals surface area contributed by atoms with Crippen molar-refractivity contribution in [3.8, 4) is 0 Å². The number of para-hydroxylation sites is 1. The topological polar surface area (TPSA) is 54.9 Å². The van der Waals surface area contributed by atoms with Crippen LogP contribution in [0.25, 0.3) is 0 Å². The highest BCUT2D eigenvalue weighted by Crippen LogP contribution is 2.57. The lowest BCUT2D eigenvalue weighted by molar-refractivity contribution is -0.00845. The summed E-state index contributed by atoms with van der Waals surface area (Å²) in [5.74, 6) is 0.472. The third kappa shape index (κ3) is 6.10. The van der Waals surface area contributed by atoms with Gasteiger partial charge >= 0.3 is 5.97 Å². The zero-order valence-corrected chi connectivity index (χ0v) is 33.6. The van der Waals surface area contributed by atoms with Gasteiger partial charge in [-0.25, -0.2) is 4.79 Å². The van der Waals surface area contributed by atoms with Gasteiger partial charge in [0.05, 0.1) is 16.6 Å². The predicted octanol–water partition coefficient (Wildman–Crippen LogP) is 11.3. The van der Waals surface area contributed by atoms with Crippen molar-refractivity contribution < 1.29 is 14.3 Å². The molecule has 0 N–H and O–H groups in total. The van der Waals surface area contributed by atoms with Crippen molar-refractivity contribution >= 4 is 11.7 Å². The van der Waals surface area contributed by atoms with Crippen LogP contribution in [0.3, 0.4) is 0 Å². The number of hydrogen-bond acceptors (Lipinski definition) is 6. The third-order valence-corrected chi connectivity index (χ3v) is 12.3. The fourth-order valence-electron chi connectivity index (χ4n) is 9.39. The van der Waals surface area contributed by atoms with E-state index in [0.29, 0.717) is 24.1 Å². The van der Waals surface area contributed by atoms with Gasteiger partial charge in [-0.2, -0.15) is 0 Å². The molecule has 1 aromatic carbocycles. The van der Waals surface area contributed by atoms with Crippen LogP contribution in [-0.2, 0) is 21.5 Å². The second-order valence-corrected chi connectivity index (χ2v) is 16.0. The molecule has 6 nitrogen and oxygen atoms in total. The molecular weight excluding hydrogens is 691 g/mol. The van der Waals surface area contributed by atoms with Crippen LogP contribution in [0.15, 0.2) is 173 Å². The summed E-state index contributed by atoms with van der Waals surface area (Å²) in [6.07, 6.45) is 38.9. The summed E-state index contributed by atoms with van der Waals surface area (Å²) in [6, 6.07) is 12.4. The van der Waals surface area contributed by atoms with Gasteiger partial charge in [0, 0.05) is 59.4 Å². The van der Waals surface area contributed by atoms with Gasteiger partial charge in [0.2, 0.25) is 5.60 Å². The first-order valence-electron chi connectivity index (χ1n) is 20.2. The van der Waals surface area contributed by atoms with Crippen LogP contribution in [0.2, 0.25) is 0 Å². The Morgan fingerprint density at radius 2 is 1.79 bits per heavy atom. The Hall–Kier alpha value is -5.62. The molecule has 6 aliphatic rings. The molecule has 4 unspecified atom stereocenters. The number of aryl methyl sites for hydroxylation is 1. The number of allylic oxidation sites excluding steroid dienone is 12. The number of benzene rings is 1. The first kappa shape index (κ1) is 37.3. The van der Waals surface area contributed by atoms with Crippen LogP contribution >= 0.6 is 0 Å². The number of ether oxygens (including phenoxy) is 2. The summed E-state index contributed by atoms with van der Waals surface area (Å²) in [7, 11) is 0. The largest absolute Gasteiger partial charge is 0.489 e. The molecule has 0 amide bonds. The number of aromatic nitrogens is 1. The molecule has 2 aliphatic heterocycles. The highest BCUT2D eigenvalue weighted by atomic mass is 16.6. The normalized spacial score (nSPS) is 27.8. The zero-order valence-electron chi connectivity index (χ0n) is 33.6. The van der Waals surface area contributed by atoms with Gasteiger partial charge in [-0.1, -0.05) is 105 Å². The number of pyridine rings is 1. The van der Waals surface area contributed by atoms with E-state index in [4.69, 9.17) is 14.5 Å². The fourth-order valence-corrected chi connectivity index (χ4v) is 9.39. The van der Waals surface area contributed by atoms with E-state index < -0.39 is 17.2 Å². The molecule has 4 atom stereocenters. The number of hydrogen-bond donors (Lipinski definition) is 0. The number of rotatable bonds is 9. The van der Waals surface area contributed by atoms with E-state index in [1.165, 1.54) is 28.2 Å². The van der Waals surface area contributed by atoms with E-state index in [1.807, 2.05) is 12.1 Å². The van der Waals surface area contributed by atoms with E-state index >= 15 is 0 Å². The molecular formula is C50H53N3O3. The summed E-state index contributed by atoms with van der Waals surface area (Å²) in [5, 5.41) is 0. The summed E-state index contributed by atoms with van der Waals surface area (Å²) in [6.45, 7) is 13.4. The molecule has 3 heterocycles. The maximum atomic E-state index is 13.9. The molecule has 8 rings (SSSR count). The molecule has 4 aliphatic carbocycles. The van der Waals surface area contributed by atoms with Gasteiger partial charge in [-0.15, -0.1) is 0 Å². The predicted molar refractivity (Wildman–Crippen MR) is 226 cm³/mol. The highest BCUT2D eigenvalue weighted by molar-refractivity contribution is 5.96. The molecule has 1 spiro atoms. The number of anilines is 1. The molecule has 0 saturated carbocycles. The minimum absolute atomic E-state index is 0.295. The van der Waals surface area contributed by atoms with E-state index in [2.05, 4.69) is 167 Å². The molecule has 0 radical (unpaired) electrons. The molecule has 6 heteroatoms. The summed E-state index contributed by atoms with van der Waals surface area (Å²) < 4.78 is 14.0. The number of esters is 1. The van der Waals surface area contributed by atoms with Crippen molar-refractivity contribution in [2.45, 2.75) is 103 Å². The van der Waals surface area contributed by atoms with Crippen LogP contribution < -0.4 is 4.90 Å². The van der Waals surface area contributed by atoms with Crippen molar-refractivity contribution in [1.82, 2.24) is 9.88 Å². The monoisotopic (exact) mass is 743 g/mol. The smallest absolute Gasteiger partial charge is 0.341 e. The van der Waals surface area contributed by atoms with Crippen molar-refractivity contribution in [3.63, 3.8) is 0 Å². The quantitative estimate of drug-likeness (QED) is 0.188. The van der Waals surface area contributed by atoms with E-state index in [0.717, 1.165) is 48.3 Å². The Morgan fingerprint density at radius 1 is 0.946 bits per heavy atom. The molecule has 286 valence electrons. The number of fused-ring (bicyclic) bond motifs is 5. The van der Waals surface area contributed by atoms with Crippen molar-refractivity contribution in [2.75, 3.05) is 4.90 Å². The van der Waals surface area contributed by atoms with E-state index in [-0.39, 0.29) is 11.5 Å². The lowest BCUT2D eigenvalue weighted by Gasteiger charge is -2.51. The van der Waals surface area contributed by atoms with Gasteiger partial charge in [0.1, 0.15) is 17.6 Å². The van der Waals surface area contributed by atoms with Gasteiger partial charge in [0.25, 0.3) is 0 Å². The number of carbonyl (C=O) groups excluding carboxylic acids is 1. The maximum Gasteiger partial charge on any atom is 0.341 e. The molecule has 1 aromatic heterocycles. The maximum absolute atomic E-state index is 13.9. The van der Waals surface area contributed by atoms with Crippen molar-refractivity contribution in [2.24, 2.45) is 0 Å². The van der Waals surface area contributed by atoms with Gasteiger partial charge < -0.3 is 19.3 Å². The number of nitrogens with zero attached hydrogens (tertiary/aromatic N) is 3. The molecule has 0 saturated heterocycles. The van der Waals surface area contributed by atoms with Crippen LogP contribution in [0.5, 0.6) is 0 Å². The second-order valence-electron chi connectivity index (χ2n) is 16.0. The fraction of sp³-hybridized carbons (Fsp3) is 0.320. The Morgan fingerprint density at radius 3 is 2.57 bits per heavy atom. The van der Waals surface area contributed by atoms with Crippen LogP contribution in [-0.4, -0.2) is 33.0 Å². The molecule has 56 heavy (non-hydrogen) atoms. The van der Waals surface area contributed by atoms with Crippen LogP contribution in [0.1, 0.15) is 95.3 Å². The number of carbonyl (C=O) groups is 1. The molecule has 2 aromatic rings. The van der Waals surface area contributed by atoms with Crippen LogP contribution in [0, 0.1) is 0 Å². The van der Waals surface area contributed by atoms with Crippen LogP contribution in [0.4, 0.5) is 5.69 Å². The first-order chi connectivity index (χ1) is 27.2. The summed E-state index contributed by atoms with van der Waals surface area (Å²) >= 11 is 0. The standard InChI is InChI=1S/C50H53N3O3/c1-7-20-42(35(4)8-2)52(37-22-13-10-11-14-23-37)49(6)31-28-41-45(34-49)55-44-33-38(26-27-40(44)50(41)46-39(47(54)56-50)24-19-32-51-46)53(48(5)29-17-12-18-30-48)43-25-16-15-21-36(43)9-3/h7,10-22,24-29,31-32,44H,8-9,23,30,33-34H2,1-6H3/b20-7-,42-35-. The summed E-state index contributed by atoms with van der Waals surface area (Å²) in [4.78, 5) is 23.8. The minimum Gasteiger partial charge on any atom is -0.489 e. The Kier molecular flexibility index (Phi) is 9.86. The van der Waals surface area contributed by atoms with E-state index in [1.54, 1.807) is 6.20 Å². The van der Waals surface area contributed by atoms with Gasteiger partial charge in [-0.3, -0.25) is 4.98 Å². The lowest BCUT2D eigenvalue weighted by Crippen LogP contribution is -2.51. The summed E-state index contributed by atoms with van der Waals surface area (Å²) in [5.41, 5.74) is 8.22. The second kappa shape index (κ2) is 14.8. The Labute approximate surface area is 332 Å². The minimum atomic E-state index is -1.20. The SMILES string of the molecule is C/C=C\C(=C(/C)CC)N(C1=CC=CC=CC1)C1(C)C=CC2=C(C1)OC1CC(N(c3ccccc3CC)C3(C)C=CC=CC3)=CC=C1C21OC(=O)c2cccnc21. The third-order valence-electron chi connectivity index (χ3n) is 12.3. The molecule has 0 fully saturated rings. The zero-order chi connectivity index (χ0) is 39.1. The average Bonchev–Trinajstić information content (AvgIpc) is 3.32.